The SMILES string of the molecule is O=C1Cc2cc(C(=O)C(F)(F)C(F)(F)F)ccc2N1. The van der Waals surface area contributed by atoms with Crippen molar-refractivity contribution in [2.24, 2.45) is 0 Å². The second-order valence-corrected chi connectivity index (χ2v) is 4.00. The van der Waals surface area contributed by atoms with Gasteiger partial charge in [-0.05, 0) is 23.8 Å². The Morgan fingerprint density at radius 3 is 2.37 bits per heavy atom. The van der Waals surface area contributed by atoms with Gasteiger partial charge >= 0.3 is 12.1 Å². The number of carbonyl (C=O) groups excluding carboxylic acids is 2. The first-order valence-corrected chi connectivity index (χ1v) is 5.05. The number of amides is 1. The topological polar surface area (TPSA) is 46.2 Å². The molecule has 3 nitrogen and oxygen atoms in total. The number of alkyl halides is 5. The number of halogens is 5. The largest absolute Gasteiger partial charge is 0.461 e. The zero-order valence-corrected chi connectivity index (χ0v) is 9.15. The summed E-state index contributed by atoms with van der Waals surface area (Å²) in [6.45, 7) is 0. The molecule has 0 radical (unpaired) electrons. The second kappa shape index (κ2) is 4.01. The van der Waals surface area contributed by atoms with Gasteiger partial charge in [-0.1, -0.05) is 0 Å². The molecular weight excluding hydrogens is 273 g/mol. The van der Waals surface area contributed by atoms with Crippen molar-refractivity contribution in [3.63, 3.8) is 0 Å². The van der Waals surface area contributed by atoms with Crippen LogP contribution in [-0.2, 0) is 11.2 Å². The van der Waals surface area contributed by atoms with E-state index in [0.717, 1.165) is 18.2 Å². The van der Waals surface area contributed by atoms with Gasteiger partial charge < -0.3 is 5.32 Å². The van der Waals surface area contributed by atoms with Gasteiger partial charge in [0, 0.05) is 11.3 Å². The summed E-state index contributed by atoms with van der Waals surface area (Å²) in [7, 11) is 0. The molecule has 8 heteroatoms. The number of fused-ring (bicyclic) bond motifs is 1. The van der Waals surface area contributed by atoms with E-state index in [-0.39, 0.29) is 12.0 Å². The summed E-state index contributed by atoms with van der Waals surface area (Å²) in [5.74, 6) is -8.19. The fourth-order valence-corrected chi connectivity index (χ4v) is 1.68. The van der Waals surface area contributed by atoms with Gasteiger partial charge in [-0.15, -0.1) is 0 Å². The average Bonchev–Trinajstić information content (AvgIpc) is 2.65. The van der Waals surface area contributed by atoms with Gasteiger partial charge in [-0.2, -0.15) is 22.0 Å². The molecule has 1 heterocycles. The highest BCUT2D eigenvalue weighted by molar-refractivity contribution is 6.05. The van der Waals surface area contributed by atoms with Crippen LogP contribution in [0.15, 0.2) is 18.2 Å². The summed E-state index contributed by atoms with van der Waals surface area (Å²) in [5.41, 5.74) is -0.261. The van der Waals surface area contributed by atoms with Crippen molar-refractivity contribution in [2.45, 2.75) is 18.5 Å². The predicted molar refractivity (Wildman–Crippen MR) is 54.1 cm³/mol. The monoisotopic (exact) mass is 279 g/mol. The van der Waals surface area contributed by atoms with Crippen LogP contribution in [0.4, 0.5) is 27.6 Å². The van der Waals surface area contributed by atoms with Crippen molar-refractivity contribution in [1.29, 1.82) is 0 Å². The molecular formula is C11H6F5NO2. The quantitative estimate of drug-likeness (QED) is 0.668. The van der Waals surface area contributed by atoms with Gasteiger partial charge in [0.1, 0.15) is 0 Å². The zero-order chi connectivity index (χ0) is 14.4. The molecule has 0 saturated heterocycles. The average molecular weight is 279 g/mol. The van der Waals surface area contributed by atoms with E-state index in [1.165, 1.54) is 0 Å². The molecule has 19 heavy (non-hydrogen) atoms. The summed E-state index contributed by atoms with van der Waals surface area (Å²) in [4.78, 5) is 22.2. The molecule has 1 aromatic carbocycles. The first-order valence-electron chi connectivity index (χ1n) is 5.05. The Labute approximate surface area is 103 Å². The smallest absolute Gasteiger partial charge is 0.326 e. The maximum atomic E-state index is 12.9. The number of hydrogen-bond donors (Lipinski definition) is 1. The van der Waals surface area contributed by atoms with Gasteiger partial charge in [0.25, 0.3) is 0 Å². The Morgan fingerprint density at radius 1 is 1.16 bits per heavy atom. The summed E-state index contributed by atoms with van der Waals surface area (Å²) in [6, 6.07) is 2.82. The summed E-state index contributed by atoms with van der Waals surface area (Å²) < 4.78 is 62.0. The third-order valence-electron chi connectivity index (χ3n) is 2.63. The predicted octanol–water partition coefficient (Wildman–Crippen LogP) is 2.56. The molecule has 2 rings (SSSR count). The number of anilines is 1. The maximum Gasteiger partial charge on any atom is 0.461 e. The molecule has 0 fully saturated rings. The molecule has 0 saturated carbocycles. The van der Waals surface area contributed by atoms with E-state index in [4.69, 9.17) is 0 Å². The number of nitrogens with one attached hydrogen (secondary N) is 1. The lowest BCUT2D eigenvalue weighted by Crippen LogP contribution is -2.44. The Bertz CT molecular complexity index is 565. The summed E-state index contributed by atoms with van der Waals surface area (Å²) >= 11 is 0. The van der Waals surface area contributed by atoms with E-state index in [2.05, 4.69) is 5.32 Å². The molecule has 1 aliphatic rings. The number of hydrogen-bond acceptors (Lipinski definition) is 2. The fraction of sp³-hybridized carbons (Fsp3) is 0.273. The maximum absolute atomic E-state index is 12.9. The second-order valence-electron chi connectivity index (χ2n) is 4.00. The van der Waals surface area contributed by atoms with Crippen molar-refractivity contribution in [2.75, 3.05) is 5.32 Å². The fourth-order valence-electron chi connectivity index (χ4n) is 1.68. The minimum Gasteiger partial charge on any atom is -0.326 e. The molecule has 0 spiro atoms. The lowest BCUT2D eigenvalue weighted by molar-refractivity contribution is -0.255. The summed E-state index contributed by atoms with van der Waals surface area (Å²) in [6.07, 6.45) is -6.11. The van der Waals surface area contributed by atoms with E-state index >= 15 is 0 Å². The van der Waals surface area contributed by atoms with Crippen LogP contribution in [-0.4, -0.2) is 23.8 Å². The highest BCUT2D eigenvalue weighted by Gasteiger charge is 2.63. The number of Topliss-reactive ketones (excluding diaryl/α,β-unsaturated/α-hetero) is 1. The summed E-state index contributed by atoms with van der Waals surface area (Å²) in [5, 5.41) is 2.37. The van der Waals surface area contributed by atoms with Crippen LogP contribution in [0.2, 0.25) is 0 Å². The minimum absolute atomic E-state index is 0.159. The van der Waals surface area contributed by atoms with E-state index in [0.29, 0.717) is 5.69 Å². The number of rotatable bonds is 2. The molecule has 1 aliphatic heterocycles. The van der Waals surface area contributed by atoms with Crippen LogP contribution in [0.1, 0.15) is 15.9 Å². The van der Waals surface area contributed by atoms with Crippen LogP contribution >= 0.6 is 0 Å². The Hall–Kier alpha value is -1.99. The van der Waals surface area contributed by atoms with E-state index in [1.807, 2.05) is 0 Å². The van der Waals surface area contributed by atoms with Crippen molar-refractivity contribution >= 4 is 17.4 Å². The molecule has 1 amide bonds. The van der Waals surface area contributed by atoms with Gasteiger partial charge in [-0.3, -0.25) is 9.59 Å². The first-order chi connectivity index (χ1) is 8.63. The molecule has 0 aromatic heterocycles. The first kappa shape index (κ1) is 13.4. The van der Waals surface area contributed by atoms with E-state index < -0.39 is 29.4 Å². The van der Waals surface area contributed by atoms with Gasteiger partial charge in [0.15, 0.2) is 0 Å². The molecule has 1 aromatic rings. The van der Waals surface area contributed by atoms with Gasteiger partial charge in [0.2, 0.25) is 11.7 Å². The lowest BCUT2D eigenvalue weighted by Gasteiger charge is -2.18. The molecule has 1 N–H and O–H groups in total. The number of carbonyl (C=O) groups is 2. The van der Waals surface area contributed by atoms with Crippen LogP contribution in [0, 0.1) is 0 Å². The van der Waals surface area contributed by atoms with Crippen molar-refractivity contribution < 1.29 is 31.5 Å². The molecule has 0 aliphatic carbocycles. The van der Waals surface area contributed by atoms with E-state index in [1.54, 1.807) is 0 Å². The molecule has 0 unspecified atom stereocenters. The van der Waals surface area contributed by atoms with Gasteiger partial charge in [0.05, 0.1) is 6.42 Å². The van der Waals surface area contributed by atoms with Crippen LogP contribution in [0.25, 0.3) is 0 Å². The highest BCUT2D eigenvalue weighted by Crippen LogP contribution is 2.38. The van der Waals surface area contributed by atoms with E-state index in [9.17, 15) is 31.5 Å². The Morgan fingerprint density at radius 2 is 1.79 bits per heavy atom. The van der Waals surface area contributed by atoms with Gasteiger partial charge in [-0.25, -0.2) is 0 Å². The zero-order valence-electron chi connectivity index (χ0n) is 9.15. The molecule has 0 atom stereocenters. The van der Waals surface area contributed by atoms with Crippen LogP contribution < -0.4 is 5.32 Å². The lowest BCUT2D eigenvalue weighted by atomic mass is 10.0. The van der Waals surface area contributed by atoms with Crippen molar-refractivity contribution in [3.05, 3.63) is 29.3 Å². The van der Waals surface area contributed by atoms with Crippen molar-refractivity contribution in [1.82, 2.24) is 0 Å². The Balaban J connectivity index is 2.37. The van der Waals surface area contributed by atoms with Crippen LogP contribution in [0.3, 0.4) is 0 Å². The normalized spacial score (nSPS) is 15.1. The molecule has 0 bridgehead atoms. The third kappa shape index (κ3) is 2.18. The van der Waals surface area contributed by atoms with Crippen LogP contribution in [0.5, 0.6) is 0 Å². The molecule has 102 valence electrons. The third-order valence-corrected chi connectivity index (χ3v) is 2.63. The standard InChI is InChI=1S/C11H6F5NO2/c12-10(13,11(14,15)16)9(19)5-1-2-7-6(3-5)4-8(18)17-7/h1-3H,4H2,(H,17,18). The highest BCUT2D eigenvalue weighted by atomic mass is 19.4. The minimum atomic E-state index is -5.95. The number of benzene rings is 1. The Kier molecular flexibility index (Phi) is 2.83. The van der Waals surface area contributed by atoms with Crippen molar-refractivity contribution in [3.8, 4) is 0 Å². The number of ketones is 1.